The molecule has 0 atom stereocenters. The Morgan fingerprint density at radius 1 is 1.50 bits per heavy atom. The van der Waals surface area contributed by atoms with Crippen LogP contribution in [0.15, 0.2) is 6.33 Å². The van der Waals surface area contributed by atoms with Gasteiger partial charge in [-0.1, -0.05) is 0 Å². The van der Waals surface area contributed by atoms with E-state index in [0.29, 0.717) is 11.5 Å². The zero-order chi connectivity index (χ0) is 8.55. The van der Waals surface area contributed by atoms with Crippen LogP contribution < -0.4 is 16.4 Å². The van der Waals surface area contributed by atoms with Gasteiger partial charge in [0.15, 0.2) is 11.6 Å². The van der Waals surface area contributed by atoms with E-state index in [0.717, 1.165) is 0 Å². The number of amides is 1. The Morgan fingerprint density at radius 2 is 2.33 bits per heavy atom. The summed E-state index contributed by atoms with van der Waals surface area (Å²) in [5.41, 5.74) is 5.96. The zero-order valence-corrected chi connectivity index (χ0v) is 6.16. The van der Waals surface area contributed by atoms with Crippen molar-refractivity contribution in [3.8, 4) is 0 Å². The number of nitrogens with zero attached hydrogens (tertiary/aromatic N) is 2. The van der Waals surface area contributed by atoms with Gasteiger partial charge >= 0.3 is 0 Å². The van der Waals surface area contributed by atoms with E-state index in [4.69, 9.17) is 5.73 Å². The topological polar surface area (TPSA) is 92.9 Å². The van der Waals surface area contributed by atoms with Crippen LogP contribution in [-0.4, -0.2) is 22.4 Å². The molecule has 2 heterocycles. The van der Waals surface area contributed by atoms with Crippen LogP contribution in [0, 0.1) is 0 Å². The fourth-order valence-electron chi connectivity index (χ4n) is 1.00. The number of carbonyl (C=O) groups is 1. The minimum absolute atomic E-state index is 0.135. The van der Waals surface area contributed by atoms with Crippen molar-refractivity contribution < 1.29 is 4.79 Å². The highest BCUT2D eigenvalue weighted by molar-refractivity contribution is 6.02. The SMILES string of the molecule is Nc1ncnc2c1NC(=O)CN2. The third-order valence-electron chi connectivity index (χ3n) is 1.56. The van der Waals surface area contributed by atoms with E-state index < -0.39 is 0 Å². The summed E-state index contributed by atoms with van der Waals surface area (Å²) in [5.74, 6) is 0.714. The highest BCUT2D eigenvalue weighted by atomic mass is 16.2. The van der Waals surface area contributed by atoms with E-state index in [1.54, 1.807) is 0 Å². The first-order valence-corrected chi connectivity index (χ1v) is 3.41. The summed E-state index contributed by atoms with van der Waals surface area (Å²) in [6, 6.07) is 0. The molecule has 0 aliphatic carbocycles. The first-order chi connectivity index (χ1) is 5.77. The molecule has 12 heavy (non-hydrogen) atoms. The largest absolute Gasteiger partial charge is 0.382 e. The molecular formula is C6H7N5O. The number of hydrogen-bond acceptors (Lipinski definition) is 5. The number of nitrogens with one attached hydrogen (secondary N) is 2. The number of rotatable bonds is 0. The number of carbonyl (C=O) groups excluding carboxylic acids is 1. The van der Waals surface area contributed by atoms with Crippen molar-refractivity contribution in [2.24, 2.45) is 0 Å². The molecule has 0 spiro atoms. The van der Waals surface area contributed by atoms with Crippen LogP contribution in [0.2, 0.25) is 0 Å². The zero-order valence-electron chi connectivity index (χ0n) is 6.16. The van der Waals surface area contributed by atoms with Crippen LogP contribution >= 0.6 is 0 Å². The Labute approximate surface area is 68.2 Å². The maximum atomic E-state index is 10.9. The molecule has 1 aliphatic rings. The van der Waals surface area contributed by atoms with Gasteiger partial charge in [0.25, 0.3) is 0 Å². The Balaban J connectivity index is 2.50. The predicted octanol–water partition coefficient (Wildman–Crippen LogP) is -0.577. The average molecular weight is 165 g/mol. The van der Waals surface area contributed by atoms with Gasteiger partial charge in [-0.25, -0.2) is 9.97 Å². The molecule has 0 unspecified atom stereocenters. The fraction of sp³-hybridized carbons (Fsp3) is 0.167. The molecule has 4 N–H and O–H groups in total. The summed E-state index contributed by atoms with van der Waals surface area (Å²) in [4.78, 5) is 18.5. The molecule has 1 aromatic rings. The first-order valence-electron chi connectivity index (χ1n) is 3.41. The molecule has 0 aromatic carbocycles. The van der Waals surface area contributed by atoms with Crippen LogP contribution in [-0.2, 0) is 4.79 Å². The fourth-order valence-corrected chi connectivity index (χ4v) is 1.00. The van der Waals surface area contributed by atoms with Gasteiger partial charge in [-0.05, 0) is 0 Å². The van der Waals surface area contributed by atoms with Crippen LogP contribution in [0.4, 0.5) is 17.3 Å². The monoisotopic (exact) mass is 165 g/mol. The number of fused-ring (bicyclic) bond motifs is 1. The van der Waals surface area contributed by atoms with Gasteiger partial charge in [0.05, 0.1) is 6.54 Å². The molecule has 1 amide bonds. The Bertz CT molecular complexity index is 337. The summed E-state index contributed by atoms with van der Waals surface area (Å²) in [5, 5.41) is 5.39. The van der Waals surface area contributed by atoms with Crippen molar-refractivity contribution in [1.82, 2.24) is 9.97 Å². The lowest BCUT2D eigenvalue weighted by Gasteiger charge is -2.17. The Morgan fingerprint density at radius 3 is 3.17 bits per heavy atom. The summed E-state index contributed by atoms with van der Waals surface area (Å²) in [6.07, 6.45) is 1.35. The average Bonchev–Trinajstić information content (AvgIpc) is 2.07. The summed E-state index contributed by atoms with van der Waals surface area (Å²) in [7, 11) is 0. The second-order valence-electron chi connectivity index (χ2n) is 2.38. The number of nitrogen functional groups attached to an aromatic ring is 1. The Kier molecular flexibility index (Phi) is 1.33. The molecule has 1 aliphatic heterocycles. The Hall–Kier alpha value is -1.85. The van der Waals surface area contributed by atoms with Crippen LogP contribution in [0.25, 0.3) is 0 Å². The van der Waals surface area contributed by atoms with E-state index in [9.17, 15) is 4.79 Å². The second-order valence-corrected chi connectivity index (χ2v) is 2.38. The van der Waals surface area contributed by atoms with Gasteiger partial charge in [0.2, 0.25) is 5.91 Å². The standard InChI is InChI=1S/C6H7N5O/c7-5-4-6(10-2-9-5)8-1-3(12)11-4/h2H,1H2,(H,11,12)(H3,7,8,9,10). The van der Waals surface area contributed by atoms with Crippen molar-refractivity contribution in [3.63, 3.8) is 0 Å². The summed E-state index contributed by atoms with van der Waals surface area (Å²) >= 11 is 0. The molecule has 0 saturated carbocycles. The van der Waals surface area contributed by atoms with E-state index >= 15 is 0 Å². The molecule has 0 saturated heterocycles. The molecule has 0 fully saturated rings. The quantitative estimate of drug-likeness (QED) is 0.478. The third-order valence-corrected chi connectivity index (χ3v) is 1.56. The van der Waals surface area contributed by atoms with Crippen molar-refractivity contribution >= 4 is 23.2 Å². The number of hydrogen-bond donors (Lipinski definition) is 3. The first kappa shape index (κ1) is 6.84. The maximum absolute atomic E-state index is 10.9. The van der Waals surface area contributed by atoms with Gasteiger partial charge in [0.1, 0.15) is 12.0 Å². The van der Waals surface area contributed by atoms with Gasteiger partial charge in [-0.15, -0.1) is 0 Å². The third kappa shape index (κ3) is 0.931. The molecule has 0 bridgehead atoms. The normalized spacial score (nSPS) is 14.5. The second kappa shape index (κ2) is 2.33. The molecule has 1 aromatic heterocycles. The number of nitrogens with two attached hydrogens (primary N) is 1. The molecular weight excluding hydrogens is 158 g/mol. The highest BCUT2D eigenvalue weighted by Gasteiger charge is 2.17. The summed E-state index contributed by atoms with van der Waals surface area (Å²) in [6.45, 7) is 0.226. The number of aromatic nitrogens is 2. The summed E-state index contributed by atoms with van der Waals surface area (Å²) < 4.78 is 0. The maximum Gasteiger partial charge on any atom is 0.243 e. The molecule has 0 radical (unpaired) electrons. The smallest absolute Gasteiger partial charge is 0.243 e. The van der Waals surface area contributed by atoms with Crippen molar-refractivity contribution in [1.29, 1.82) is 0 Å². The molecule has 62 valence electrons. The lowest BCUT2D eigenvalue weighted by molar-refractivity contribution is -0.114. The molecule has 6 nitrogen and oxygen atoms in total. The number of anilines is 3. The van der Waals surface area contributed by atoms with E-state index in [1.807, 2.05) is 0 Å². The van der Waals surface area contributed by atoms with E-state index in [-0.39, 0.29) is 18.3 Å². The van der Waals surface area contributed by atoms with Gasteiger partial charge in [-0.2, -0.15) is 0 Å². The molecule has 2 rings (SSSR count). The van der Waals surface area contributed by atoms with Gasteiger partial charge < -0.3 is 16.4 Å². The lowest BCUT2D eigenvalue weighted by atomic mass is 10.3. The lowest BCUT2D eigenvalue weighted by Crippen LogP contribution is -2.28. The minimum Gasteiger partial charge on any atom is -0.382 e. The highest BCUT2D eigenvalue weighted by Crippen LogP contribution is 2.25. The van der Waals surface area contributed by atoms with Crippen molar-refractivity contribution in [2.75, 3.05) is 22.9 Å². The van der Waals surface area contributed by atoms with Crippen LogP contribution in [0.1, 0.15) is 0 Å². The minimum atomic E-state index is -0.135. The van der Waals surface area contributed by atoms with Crippen molar-refractivity contribution in [3.05, 3.63) is 6.33 Å². The molecule has 6 heteroatoms. The van der Waals surface area contributed by atoms with E-state index in [1.165, 1.54) is 6.33 Å². The van der Waals surface area contributed by atoms with Gasteiger partial charge in [-0.3, -0.25) is 4.79 Å². The van der Waals surface area contributed by atoms with Crippen molar-refractivity contribution in [2.45, 2.75) is 0 Å². The van der Waals surface area contributed by atoms with Crippen LogP contribution in [0.5, 0.6) is 0 Å². The van der Waals surface area contributed by atoms with Crippen LogP contribution in [0.3, 0.4) is 0 Å². The predicted molar refractivity (Wildman–Crippen MR) is 43.6 cm³/mol. The van der Waals surface area contributed by atoms with Gasteiger partial charge in [0, 0.05) is 0 Å². The van der Waals surface area contributed by atoms with E-state index in [2.05, 4.69) is 20.6 Å².